The number of nitrogens with zero attached hydrogens (tertiary/aromatic N) is 2. The maximum absolute atomic E-state index is 12.2. The van der Waals surface area contributed by atoms with Gasteiger partial charge in [-0.25, -0.2) is 14.8 Å². The van der Waals surface area contributed by atoms with E-state index in [1.807, 2.05) is 47.8 Å². The fraction of sp³-hybridized carbons (Fsp3) is 0.211. The van der Waals surface area contributed by atoms with E-state index in [2.05, 4.69) is 39.8 Å². The Balaban J connectivity index is 1.59. The summed E-state index contributed by atoms with van der Waals surface area (Å²) >= 11 is 1.49. The first-order valence-electron chi connectivity index (χ1n) is 8.38. The molecule has 3 aromatic rings. The van der Waals surface area contributed by atoms with Crippen LogP contribution in [0.15, 0.2) is 53.9 Å². The van der Waals surface area contributed by atoms with Crippen LogP contribution in [0.2, 0.25) is 0 Å². The number of thiazole rings is 1. The highest BCUT2D eigenvalue weighted by molar-refractivity contribution is 7.13. The highest BCUT2D eigenvalue weighted by Gasteiger charge is 2.09. The van der Waals surface area contributed by atoms with Gasteiger partial charge in [0.2, 0.25) is 0 Å². The second-order valence-corrected chi connectivity index (χ2v) is 6.89. The molecule has 1 aromatic carbocycles. The van der Waals surface area contributed by atoms with Crippen molar-refractivity contribution in [3.63, 3.8) is 0 Å². The molecule has 0 bridgehead atoms. The molecule has 3 rings (SSSR count). The van der Waals surface area contributed by atoms with E-state index in [-0.39, 0.29) is 6.03 Å². The van der Waals surface area contributed by atoms with Crippen molar-refractivity contribution in [2.75, 3.05) is 10.6 Å². The van der Waals surface area contributed by atoms with Crippen molar-refractivity contribution in [1.82, 2.24) is 15.3 Å². The predicted octanol–water partition coefficient (Wildman–Crippen LogP) is 4.35. The summed E-state index contributed by atoms with van der Waals surface area (Å²) in [7, 11) is 0. The van der Waals surface area contributed by atoms with Crippen LogP contribution in [0.5, 0.6) is 0 Å². The Labute approximate surface area is 156 Å². The molecule has 26 heavy (non-hydrogen) atoms. The first kappa shape index (κ1) is 18.0. The molecule has 0 saturated heterocycles. The van der Waals surface area contributed by atoms with E-state index in [1.54, 1.807) is 6.07 Å². The van der Waals surface area contributed by atoms with E-state index in [1.165, 1.54) is 11.3 Å². The van der Waals surface area contributed by atoms with Crippen LogP contribution in [0.1, 0.15) is 19.5 Å². The van der Waals surface area contributed by atoms with Crippen LogP contribution in [0.3, 0.4) is 0 Å². The molecule has 0 aliphatic carbocycles. The summed E-state index contributed by atoms with van der Waals surface area (Å²) in [4.78, 5) is 21.1. The Morgan fingerprint density at radius 3 is 2.54 bits per heavy atom. The van der Waals surface area contributed by atoms with E-state index in [0.717, 1.165) is 16.3 Å². The first-order chi connectivity index (χ1) is 12.6. The van der Waals surface area contributed by atoms with Crippen LogP contribution in [0.4, 0.5) is 16.4 Å². The number of pyridine rings is 1. The minimum absolute atomic E-state index is 0.364. The first-order valence-corrected chi connectivity index (χ1v) is 9.26. The molecule has 7 heteroatoms. The van der Waals surface area contributed by atoms with Crippen molar-refractivity contribution < 1.29 is 4.79 Å². The van der Waals surface area contributed by atoms with Gasteiger partial charge in [0, 0.05) is 23.5 Å². The van der Waals surface area contributed by atoms with E-state index in [9.17, 15) is 4.79 Å². The van der Waals surface area contributed by atoms with Crippen LogP contribution < -0.4 is 16.0 Å². The van der Waals surface area contributed by atoms with E-state index < -0.39 is 0 Å². The number of anilines is 2. The average Bonchev–Trinajstić information content (AvgIpc) is 3.09. The van der Waals surface area contributed by atoms with Gasteiger partial charge in [-0.1, -0.05) is 50.2 Å². The van der Waals surface area contributed by atoms with Gasteiger partial charge >= 0.3 is 6.03 Å². The number of aromatic nitrogens is 2. The van der Waals surface area contributed by atoms with Crippen molar-refractivity contribution in [3.8, 4) is 10.6 Å². The number of amides is 2. The van der Waals surface area contributed by atoms with E-state index >= 15 is 0 Å². The number of carbonyl (C=O) groups is 1. The molecule has 0 radical (unpaired) electrons. The second kappa shape index (κ2) is 8.55. The van der Waals surface area contributed by atoms with Gasteiger partial charge in [-0.05, 0) is 12.1 Å². The molecule has 0 aliphatic rings. The van der Waals surface area contributed by atoms with Gasteiger partial charge < -0.3 is 5.32 Å². The number of hydrogen-bond donors (Lipinski definition) is 3. The fourth-order valence-corrected chi connectivity index (χ4v) is 3.02. The molecular formula is C19H21N5OS. The van der Waals surface area contributed by atoms with Crippen molar-refractivity contribution in [1.29, 1.82) is 0 Å². The lowest BCUT2D eigenvalue weighted by Gasteiger charge is -2.09. The van der Waals surface area contributed by atoms with Gasteiger partial charge in [-0.2, -0.15) is 0 Å². The molecule has 134 valence electrons. The molecule has 0 atom stereocenters. The normalized spacial score (nSPS) is 10.7. The third-order valence-electron chi connectivity index (χ3n) is 3.51. The molecule has 0 saturated carbocycles. The van der Waals surface area contributed by atoms with Gasteiger partial charge in [0.05, 0.1) is 5.69 Å². The highest BCUT2D eigenvalue weighted by Crippen LogP contribution is 2.25. The molecule has 0 fully saturated rings. The number of carbonyl (C=O) groups excluding carboxylic acids is 1. The van der Waals surface area contributed by atoms with Crippen molar-refractivity contribution in [2.24, 2.45) is 0 Å². The summed E-state index contributed by atoms with van der Waals surface area (Å²) in [5.41, 5.74) is 1.90. The minimum atomic E-state index is -0.364. The van der Waals surface area contributed by atoms with Crippen LogP contribution in [-0.4, -0.2) is 22.0 Å². The van der Waals surface area contributed by atoms with Crippen molar-refractivity contribution >= 4 is 29.0 Å². The quantitative estimate of drug-likeness (QED) is 0.605. The predicted molar refractivity (Wildman–Crippen MR) is 106 cm³/mol. The monoisotopic (exact) mass is 367 g/mol. The molecule has 0 unspecified atom stereocenters. The van der Waals surface area contributed by atoms with E-state index in [0.29, 0.717) is 24.2 Å². The maximum Gasteiger partial charge on any atom is 0.326 e. The van der Waals surface area contributed by atoms with Gasteiger partial charge in [0.1, 0.15) is 16.6 Å². The number of nitrogens with one attached hydrogen (secondary N) is 3. The Bertz CT molecular complexity index is 863. The number of hydrogen-bond acceptors (Lipinski definition) is 5. The molecule has 2 aromatic heterocycles. The molecule has 2 heterocycles. The van der Waals surface area contributed by atoms with Gasteiger partial charge in [0.25, 0.3) is 0 Å². The lowest BCUT2D eigenvalue weighted by molar-refractivity contribution is 0.262. The Morgan fingerprint density at radius 2 is 1.77 bits per heavy atom. The lowest BCUT2D eigenvalue weighted by Crippen LogP contribution is -2.23. The van der Waals surface area contributed by atoms with Crippen molar-refractivity contribution in [2.45, 2.75) is 26.4 Å². The van der Waals surface area contributed by atoms with Gasteiger partial charge in [-0.3, -0.25) is 10.6 Å². The van der Waals surface area contributed by atoms with Crippen molar-refractivity contribution in [3.05, 3.63) is 59.6 Å². The van der Waals surface area contributed by atoms with E-state index in [4.69, 9.17) is 0 Å². The zero-order valence-corrected chi connectivity index (χ0v) is 15.5. The standard InChI is InChI=1S/C19H21N5OS/c1-13(2)20-11-15-9-6-10-16(21-15)23-19(25)24-17-12-26-18(22-17)14-7-4-3-5-8-14/h3-10,12-13,20H,11H2,1-2H3,(H2,21,23,24,25). The SMILES string of the molecule is CC(C)NCc1cccc(NC(=O)Nc2csc(-c3ccccc3)n2)n1. The van der Waals surface area contributed by atoms with Gasteiger partial charge in [-0.15, -0.1) is 11.3 Å². The Hall–Kier alpha value is -2.77. The summed E-state index contributed by atoms with van der Waals surface area (Å²) < 4.78 is 0. The topological polar surface area (TPSA) is 78.9 Å². The molecule has 2 amide bonds. The van der Waals surface area contributed by atoms with Crippen LogP contribution in [0.25, 0.3) is 10.6 Å². The molecule has 3 N–H and O–H groups in total. The number of urea groups is 1. The summed E-state index contributed by atoms with van der Waals surface area (Å²) in [6, 6.07) is 15.4. The number of rotatable bonds is 6. The maximum atomic E-state index is 12.2. The van der Waals surface area contributed by atoms with Crippen LogP contribution in [0, 0.1) is 0 Å². The van der Waals surface area contributed by atoms with Gasteiger partial charge in [0.15, 0.2) is 0 Å². The third-order valence-corrected chi connectivity index (χ3v) is 4.40. The smallest absolute Gasteiger partial charge is 0.309 e. The Morgan fingerprint density at radius 1 is 1.00 bits per heavy atom. The lowest BCUT2D eigenvalue weighted by atomic mass is 10.2. The highest BCUT2D eigenvalue weighted by atomic mass is 32.1. The summed E-state index contributed by atoms with van der Waals surface area (Å²) in [6.45, 7) is 4.81. The zero-order chi connectivity index (χ0) is 18.4. The second-order valence-electron chi connectivity index (χ2n) is 6.03. The molecule has 6 nitrogen and oxygen atoms in total. The minimum Gasteiger partial charge on any atom is -0.309 e. The number of benzene rings is 1. The summed E-state index contributed by atoms with van der Waals surface area (Å²) in [5, 5.41) is 11.5. The molecular weight excluding hydrogens is 346 g/mol. The molecule has 0 aliphatic heterocycles. The average molecular weight is 367 g/mol. The Kier molecular flexibility index (Phi) is 5.93. The summed E-state index contributed by atoms with van der Waals surface area (Å²) in [6.07, 6.45) is 0. The third kappa shape index (κ3) is 5.11. The van der Waals surface area contributed by atoms with Crippen LogP contribution in [-0.2, 0) is 6.54 Å². The zero-order valence-electron chi connectivity index (χ0n) is 14.7. The summed E-state index contributed by atoms with van der Waals surface area (Å²) in [5.74, 6) is 1.02. The molecule has 0 spiro atoms. The fourth-order valence-electron chi connectivity index (χ4n) is 2.26. The van der Waals surface area contributed by atoms with Crippen LogP contribution >= 0.6 is 11.3 Å². The largest absolute Gasteiger partial charge is 0.326 e.